The molecule has 0 spiro atoms. The number of benzene rings is 1. The Balaban J connectivity index is 2.39. The van der Waals surface area contributed by atoms with Gasteiger partial charge in [-0.2, -0.15) is 0 Å². The zero-order valence-corrected chi connectivity index (χ0v) is 12.9. The fourth-order valence-corrected chi connectivity index (χ4v) is 2.17. The summed E-state index contributed by atoms with van der Waals surface area (Å²) in [7, 11) is 3.86. The molecule has 1 aromatic heterocycles. The smallest absolute Gasteiger partial charge is 0.318 e. The molecule has 0 radical (unpaired) electrons. The Labute approximate surface area is 133 Å². The van der Waals surface area contributed by atoms with Gasteiger partial charge in [0.2, 0.25) is 5.82 Å². The number of halogens is 1. The number of aromatic nitrogens is 1. The Morgan fingerprint density at radius 2 is 2.13 bits per heavy atom. The predicted molar refractivity (Wildman–Crippen MR) is 87.7 cm³/mol. The molecule has 0 bridgehead atoms. The second-order valence-corrected chi connectivity index (χ2v) is 5.31. The molecule has 8 heteroatoms. The summed E-state index contributed by atoms with van der Waals surface area (Å²) in [5.74, 6) is -0.682. The van der Waals surface area contributed by atoms with Crippen LogP contribution < -0.4 is 11.1 Å². The Morgan fingerprint density at radius 1 is 1.39 bits per heavy atom. The third-order valence-corrected chi connectivity index (χ3v) is 3.23. The van der Waals surface area contributed by atoms with Gasteiger partial charge >= 0.3 is 5.69 Å². The lowest BCUT2D eigenvalue weighted by Crippen LogP contribution is -2.20. The molecule has 0 fully saturated rings. The average Bonchev–Trinajstić information content (AvgIpc) is 2.45. The van der Waals surface area contributed by atoms with Gasteiger partial charge in [0, 0.05) is 25.0 Å². The molecular weight excluding hydrogens is 301 g/mol. The van der Waals surface area contributed by atoms with Crippen LogP contribution in [0.3, 0.4) is 0 Å². The topological polar surface area (TPSA) is 97.3 Å². The molecule has 0 aliphatic rings. The highest BCUT2D eigenvalue weighted by molar-refractivity contribution is 5.80. The second-order valence-electron chi connectivity index (χ2n) is 5.31. The summed E-state index contributed by atoms with van der Waals surface area (Å²) in [6.07, 6.45) is 1.36. The largest absolute Gasteiger partial charge is 0.384 e. The van der Waals surface area contributed by atoms with Gasteiger partial charge in [0.15, 0.2) is 0 Å². The molecule has 0 unspecified atom stereocenters. The number of anilines is 2. The fraction of sp³-hybridized carbons (Fsp3) is 0.267. The van der Waals surface area contributed by atoms with Crippen LogP contribution in [-0.2, 0) is 0 Å². The number of nitrogens with two attached hydrogens (primary N) is 1. The van der Waals surface area contributed by atoms with Gasteiger partial charge in [-0.1, -0.05) is 0 Å². The van der Waals surface area contributed by atoms with Crippen molar-refractivity contribution in [3.8, 4) is 11.1 Å². The zero-order valence-electron chi connectivity index (χ0n) is 12.9. The van der Waals surface area contributed by atoms with Gasteiger partial charge in [0.1, 0.15) is 5.82 Å². The van der Waals surface area contributed by atoms with E-state index in [9.17, 15) is 14.5 Å². The quantitative estimate of drug-likeness (QED) is 0.626. The molecule has 0 saturated carbocycles. The van der Waals surface area contributed by atoms with Gasteiger partial charge in [-0.3, -0.25) is 10.1 Å². The molecule has 0 aliphatic carbocycles. The van der Waals surface area contributed by atoms with E-state index in [1.54, 1.807) is 6.07 Å². The van der Waals surface area contributed by atoms with Crippen molar-refractivity contribution in [2.24, 2.45) is 0 Å². The van der Waals surface area contributed by atoms with E-state index in [1.165, 1.54) is 24.4 Å². The van der Waals surface area contributed by atoms with E-state index in [0.717, 1.165) is 6.54 Å². The third kappa shape index (κ3) is 4.13. The number of likely N-dealkylation sites (N-methyl/N-ethyl adjacent to an activating group) is 1. The Morgan fingerprint density at radius 3 is 2.78 bits per heavy atom. The van der Waals surface area contributed by atoms with Gasteiger partial charge < -0.3 is 16.0 Å². The second kappa shape index (κ2) is 7.01. The van der Waals surface area contributed by atoms with Crippen LogP contribution >= 0.6 is 0 Å². The van der Waals surface area contributed by atoms with Crippen molar-refractivity contribution >= 4 is 17.2 Å². The number of nitrogens with zero attached hydrogens (tertiary/aromatic N) is 3. The third-order valence-electron chi connectivity index (χ3n) is 3.23. The van der Waals surface area contributed by atoms with Crippen molar-refractivity contribution in [1.29, 1.82) is 0 Å². The lowest BCUT2D eigenvalue weighted by Gasteiger charge is -2.13. The van der Waals surface area contributed by atoms with E-state index in [2.05, 4.69) is 10.3 Å². The zero-order chi connectivity index (χ0) is 17.0. The first-order valence-electron chi connectivity index (χ1n) is 6.97. The molecule has 122 valence electrons. The van der Waals surface area contributed by atoms with Crippen LogP contribution in [0.25, 0.3) is 11.1 Å². The maximum absolute atomic E-state index is 13.9. The van der Waals surface area contributed by atoms with E-state index in [1.807, 2.05) is 19.0 Å². The van der Waals surface area contributed by atoms with Crippen LogP contribution in [0.5, 0.6) is 0 Å². The molecular formula is C15H18FN5O2. The number of rotatable bonds is 6. The summed E-state index contributed by atoms with van der Waals surface area (Å²) in [5.41, 5.74) is 6.41. The Hall–Kier alpha value is -2.74. The van der Waals surface area contributed by atoms with Crippen molar-refractivity contribution in [2.45, 2.75) is 0 Å². The number of pyridine rings is 1. The summed E-state index contributed by atoms with van der Waals surface area (Å²) < 4.78 is 13.9. The van der Waals surface area contributed by atoms with Crippen LogP contribution in [0, 0.1) is 15.9 Å². The molecule has 0 atom stereocenters. The summed E-state index contributed by atoms with van der Waals surface area (Å²) in [4.78, 5) is 16.3. The highest BCUT2D eigenvalue weighted by Crippen LogP contribution is 2.34. The van der Waals surface area contributed by atoms with E-state index in [0.29, 0.717) is 17.8 Å². The maximum atomic E-state index is 13.9. The lowest BCUT2D eigenvalue weighted by atomic mass is 10.0. The number of hydrogen-bond donors (Lipinski definition) is 2. The van der Waals surface area contributed by atoms with Crippen LogP contribution in [0.4, 0.5) is 21.6 Å². The molecule has 1 aromatic carbocycles. The number of nitrogen functional groups attached to an aromatic ring is 1. The standard InChI is InChI=1S/C15H18FN5O2/c1-20(2)6-5-18-12-8-10(7-11(16)9-12)13-3-4-19-15(17)14(13)21(22)23/h3-4,7-9,18H,5-6H2,1-2H3,(H2,17,19). The van der Waals surface area contributed by atoms with E-state index in [4.69, 9.17) is 5.73 Å². The van der Waals surface area contributed by atoms with Crippen LogP contribution in [0.1, 0.15) is 0 Å². The average molecular weight is 319 g/mol. The molecule has 2 aromatic rings. The van der Waals surface area contributed by atoms with Crippen molar-refractivity contribution in [3.63, 3.8) is 0 Å². The monoisotopic (exact) mass is 319 g/mol. The summed E-state index contributed by atoms with van der Waals surface area (Å²) in [6, 6.07) is 5.68. The lowest BCUT2D eigenvalue weighted by molar-refractivity contribution is -0.383. The van der Waals surface area contributed by atoms with Crippen molar-refractivity contribution in [3.05, 3.63) is 46.4 Å². The maximum Gasteiger partial charge on any atom is 0.318 e. The molecule has 7 nitrogen and oxygen atoms in total. The highest BCUT2D eigenvalue weighted by Gasteiger charge is 2.21. The van der Waals surface area contributed by atoms with E-state index in [-0.39, 0.29) is 17.1 Å². The number of nitro groups is 1. The molecule has 2 rings (SSSR count). The molecule has 0 saturated heterocycles. The minimum absolute atomic E-state index is 0.195. The predicted octanol–water partition coefficient (Wildman–Crippen LogP) is 2.35. The van der Waals surface area contributed by atoms with E-state index < -0.39 is 10.7 Å². The Kier molecular flexibility index (Phi) is 5.07. The molecule has 1 heterocycles. The van der Waals surface area contributed by atoms with Gasteiger partial charge in [0.05, 0.1) is 10.5 Å². The van der Waals surface area contributed by atoms with Crippen LogP contribution in [0.2, 0.25) is 0 Å². The summed E-state index contributed by atoms with van der Waals surface area (Å²) in [6.45, 7) is 1.39. The normalized spacial score (nSPS) is 10.8. The number of nitrogens with one attached hydrogen (secondary N) is 1. The van der Waals surface area contributed by atoms with Crippen LogP contribution in [-0.4, -0.2) is 42.0 Å². The first-order chi connectivity index (χ1) is 10.9. The first-order valence-corrected chi connectivity index (χ1v) is 6.97. The number of hydrogen-bond acceptors (Lipinski definition) is 6. The molecule has 23 heavy (non-hydrogen) atoms. The van der Waals surface area contributed by atoms with Crippen molar-refractivity contribution in [2.75, 3.05) is 38.2 Å². The van der Waals surface area contributed by atoms with Crippen molar-refractivity contribution in [1.82, 2.24) is 9.88 Å². The fourth-order valence-electron chi connectivity index (χ4n) is 2.17. The minimum Gasteiger partial charge on any atom is -0.384 e. The summed E-state index contributed by atoms with van der Waals surface area (Å²) in [5, 5.41) is 14.3. The van der Waals surface area contributed by atoms with Gasteiger partial charge in [0.25, 0.3) is 0 Å². The molecule has 3 N–H and O–H groups in total. The van der Waals surface area contributed by atoms with Gasteiger partial charge in [-0.25, -0.2) is 9.37 Å². The van der Waals surface area contributed by atoms with Gasteiger partial charge in [-0.05, 0) is 43.9 Å². The molecule has 0 amide bonds. The first kappa shape index (κ1) is 16.6. The SMILES string of the molecule is CN(C)CCNc1cc(F)cc(-c2ccnc(N)c2[N+](=O)[O-])c1. The molecule has 0 aliphatic heterocycles. The highest BCUT2D eigenvalue weighted by atomic mass is 19.1. The van der Waals surface area contributed by atoms with Crippen molar-refractivity contribution < 1.29 is 9.31 Å². The Bertz CT molecular complexity index is 721. The van der Waals surface area contributed by atoms with E-state index >= 15 is 0 Å². The minimum atomic E-state index is -0.609. The van der Waals surface area contributed by atoms with Gasteiger partial charge in [-0.15, -0.1) is 0 Å². The van der Waals surface area contributed by atoms with Crippen LogP contribution in [0.15, 0.2) is 30.5 Å². The summed E-state index contributed by atoms with van der Waals surface area (Å²) >= 11 is 0.